The molecular formula is C22H22Cl2O2. The van der Waals surface area contributed by atoms with Gasteiger partial charge in [0.2, 0.25) is 0 Å². The average Bonchev–Trinajstić information content (AvgIpc) is 2.99. The fourth-order valence-corrected chi connectivity index (χ4v) is 4.05. The molecular weight excluding hydrogens is 367 g/mol. The highest BCUT2D eigenvalue weighted by molar-refractivity contribution is 6.55. The fourth-order valence-electron chi connectivity index (χ4n) is 3.78. The van der Waals surface area contributed by atoms with Crippen LogP contribution < -0.4 is 0 Å². The first-order chi connectivity index (χ1) is 12.4. The summed E-state index contributed by atoms with van der Waals surface area (Å²) in [7, 11) is 1.39. The molecule has 0 unspecified atom stereocenters. The lowest BCUT2D eigenvalue weighted by Gasteiger charge is -1.98. The molecule has 0 N–H and O–H groups in total. The molecule has 2 nitrogen and oxygen atoms in total. The number of allylic oxidation sites excluding steroid dienone is 1. The maximum Gasteiger partial charge on any atom is 0.309 e. The van der Waals surface area contributed by atoms with Gasteiger partial charge in [0.05, 0.1) is 13.0 Å². The number of esters is 1. The van der Waals surface area contributed by atoms with Crippen molar-refractivity contribution >= 4 is 29.2 Å². The van der Waals surface area contributed by atoms with E-state index < -0.39 is 0 Å². The number of carbonyl (C=O) groups is 1. The molecule has 2 aromatic rings. The molecule has 0 spiro atoms. The van der Waals surface area contributed by atoms with Gasteiger partial charge in [-0.05, 0) is 46.1 Å². The SMILES string of the molecule is COC(=O)[C@H]1[C@H](C=C(Cl)Cl)C1(C)C.c1ccc2c(c1)Cc1ccccc1-2. The molecule has 2 aliphatic rings. The van der Waals surface area contributed by atoms with E-state index in [2.05, 4.69) is 53.3 Å². The third-order valence-electron chi connectivity index (χ3n) is 5.38. The second-order valence-electron chi connectivity index (χ2n) is 7.30. The highest BCUT2D eigenvalue weighted by Crippen LogP contribution is 2.60. The van der Waals surface area contributed by atoms with Crippen molar-refractivity contribution in [3.8, 4) is 11.1 Å². The van der Waals surface area contributed by atoms with Crippen molar-refractivity contribution in [3.63, 3.8) is 0 Å². The van der Waals surface area contributed by atoms with Gasteiger partial charge in [-0.25, -0.2) is 0 Å². The van der Waals surface area contributed by atoms with Crippen LogP contribution in [0.2, 0.25) is 0 Å². The maximum atomic E-state index is 11.2. The largest absolute Gasteiger partial charge is 0.469 e. The van der Waals surface area contributed by atoms with E-state index in [0.717, 1.165) is 6.42 Å². The van der Waals surface area contributed by atoms with Crippen molar-refractivity contribution in [2.45, 2.75) is 20.3 Å². The lowest BCUT2D eigenvalue weighted by molar-refractivity contribution is -0.143. The van der Waals surface area contributed by atoms with Gasteiger partial charge in [0.1, 0.15) is 4.49 Å². The summed E-state index contributed by atoms with van der Waals surface area (Å²) in [4.78, 5) is 11.2. The number of hydrogen-bond donors (Lipinski definition) is 0. The first-order valence-corrected chi connectivity index (χ1v) is 9.38. The summed E-state index contributed by atoms with van der Waals surface area (Å²) in [6.07, 6.45) is 2.80. The van der Waals surface area contributed by atoms with Crippen molar-refractivity contribution < 1.29 is 9.53 Å². The van der Waals surface area contributed by atoms with Gasteiger partial charge in [-0.15, -0.1) is 0 Å². The quantitative estimate of drug-likeness (QED) is 0.502. The molecule has 0 aromatic heterocycles. The predicted octanol–water partition coefficient (Wildman–Crippen LogP) is 6.01. The molecule has 1 saturated carbocycles. The van der Waals surface area contributed by atoms with Gasteiger partial charge in [0, 0.05) is 0 Å². The van der Waals surface area contributed by atoms with E-state index in [1.165, 1.54) is 29.4 Å². The van der Waals surface area contributed by atoms with Crippen LogP contribution in [0, 0.1) is 17.3 Å². The molecule has 4 heteroatoms. The van der Waals surface area contributed by atoms with Crippen LogP contribution in [0.5, 0.6) is 0 Å². The van der Waals surface area contributed by atoms with E-state index in [1.54, 1.807) is 6.08 Å². The Morgan fingerprint density at radius 3 is 2.00 bits per heavy atom. The molecule has 0 radical (unpaired) electrons. The molecule has 2 atom stereocenters. The topological polar surface area (TPSA) is 26.3 Å². The van der Waals surface area contributed by atoms with Gasteiger partial charge < -0.3 is 4.74 Å². The van der Waals surface area contributed by atoms with Gasteiger partial charge in [-0.2, -0.15) is 0 Å². The summed E-state index contributed by atoms with van der Waals surface area (Å²) in [6, 6.07) is 17.3. The Hall–Kier alpha value is -1.77. The third kappa shape index (κ3) is 3.67. The third-order valence-corrected chi connectivity index (χ3v) is 5.63. The minimum Gasteiger partial charge on any atom is -0.469 e. The van der Waals surface area contributed by atoms with Crippen molar-refractivity contribution in [2.24, 2.45) is 17.3 Å². The molecule has 0 bridgehead atoms. The molecule has 0 heterocycles. The molecule has 2 aromatic carbocycles. The van der Waals surface area contributed by atoms with Crippen LogP contribution in [0.25, 0.3) is 11.1 Å². The Kier molecular flexibility index (Phi) is 5.45. The highest BCUT2D eigenvalue weighted by atomic mass is 35.5. The molecule has 4 rings (SSSR count). The molecule has 0 amide bonds. The van der Waals surface area contributed by atoms with Crippen LogP contribution in [0.4, 0.5) is 0 Å². The summed E-state index contributed by atoms with van der Waals surface area (Å²) in [5.74, 6) is -0.198. The number of methoxy groups -OCH3 is 1. The molecule has 1 fully saturated rings. The van der Waals surface area contributed by atoms with Crippen LogP contribution in [0.15, 0.2) is 59.1 Å². The number of rotatable bonds is 2. The second-order valence-corrected chi connectivity index (χ2v) is 8.30. The monoisotopic (exact) mass is 388 g/mol. The van der Waals surface area contributed by atoms with Crippen molar-refractivity contribution in [3.05, 3.63) is 70.2 Å². The lowest BCUT2D eigenvalue weighted by Crippen LogP contribution is -2.07. The number of halogens is 2. The summed E-state index contributed by atoms with van der Waals surface area (Å²) >= 11 is 11.1. The van der Waals surface area contributed by atoms with E-state index in [4.69, 9.17) is 23.2 Å². The van der Waals surface area contributed by atoms with Crippen molar-refractivity contribution in [2.75, 3.05) is 7.11 Å². The van der Waals surface area contributed by atoms with Crippen LogP contribution in [0.3, 0.4) is 0 Å². The number of ether oxygens (including phenoxy) is 1. The number of hydrogen-bond acceptors (Lipinski definition) is 2. The molecule has 2 aliphatic carbocycles. The zero-order valence-electron chi connectivity index (χ0n) is 15.1. The second kappa shape index (κ2) is 7.46. The van der Waals surface area contributed by atoms with Gasteiger partial charge in [0.25, 0.3) is 0 Å². The van der Waals surface area contributed by atoms with Crippen molar-refractivity contribution in [1.29, 1.82) is 0 Å². The zero-order chi connectivity index (χ0) is 18.9. The Morgan fingerprint density at radius 2 is 1.54 bits per heavy atom. The van der Waals surface area contributed by atoms with Crippen LogP contribution >= 0.6 is 23.2 Å². The minimum absolute atomic E-state index is 0.0812. The Bertz CT molecular complexity index is 807. The van der Waals surface area contributed by atoms with Gasteiger partial charge in [0.15, 0.2) is 0 Å². The van der Waals surface area contributed by atoms with Gasteiger partial charge in [-0.3, -0.25) is 4.79 Å². The minimum atomic E-state index is -0.194. The highest BCUT2D eigenvalue weighted by Gasteiger charge is 2.61. The first-order valence-electron chi connectivity index (χ1n) is 8.63. The predicted molar refractivity (Wildman–Crippen MR) is 107 cm³/mol. The Balaban J connectivity index is 0.000000151. The summed E-state index contributed by atoms with van der Waals surface area (Å²) in [6.45, 7) is 3.99. The summed E-state index contributed by atoms with van der Waals surface area (Å²) < 4.78 is 4.88. The lowest BCUT2D eigenvalue weighted by atomic mass is 10.1. The fraction of sp³-hybridized carbons (Fsp3) is 0.318. The summed E-state index contributed by atoms with van der Waals surface area (Å²) in [5.41, 5.74) is 5.67. The molecule has 136 valence electrons. The van der Waals surface area contributed by atoms with Gasteiger partial charge >= 0.3 is 5.97 Å². The van der Waals surface area contributed by atoms with E-state index >= 15 is 0 Å². The van der Waals surface area contributed by atoms with Crippen LogP contribution in [0.1, 0.15) is 25.0 Å². The first kappa shape index (κ1) is 19.0. The summed E-state index contributed by atoms with van der Waals surface area (Å²) in [5, 5.41) is 0. The van der Waals surface area contributed by atoms with Crippen LogP contribution in [-0.2, 0) is 16.0 Å². The van der Waals surface area contributed by atoms with E-state index in [9.17, 15) is 4.79 Å². The van der Waals surface area contributed by atoms with Crippen molar-refractivity contribution in [1.82, 2.24) is 0 Å². The number of fused-ring (bicyclic) bond motifs is 3. The smallest absolute Gasteiger partial charge is 0.309 e. The molecule has 0 saturated heterocycles. The van der Waals surface area contributed by atoms with E-state index in [0.29, 0.717) is 0 Å². The normalized spacial score (nSPS) is 20.8. The standard InChI is InChI=1S/C13H10.C9H12Cl2O2/c1-3-7-12-10(5-1)9-11-6-2-4-8-13(11)12;1-9(2)5(4-6(10)11)7(9)8(12)13-3/h1-8H,9H2;4-5,7H,1-3H3/t;5-,7+/m.0/s1. The maximum absolute atomic E-state index is 11.2. The molecule has 26 heavy (non-hydrogen) atoms. The van der Waals surface area contributed by atoms with E-state index in [-0.39, 0.29) is 27.7 Å². The molecule has 0 aliphatic heterocycles. The van der Waals surface area contributed by atoms with Gasteiger partial charge in [-0.1, -0.05) is 85.6 Å². The number of benzene rings is 2. The Morgan fingerprint density at radius 1 is 1.04 bits per heavy atom. The number of carbonyl (C=O) groups excluding carboxylic acids is 1. The zero-order valence-corrected chi connectivity index (χ0v) is 16.6. The Labute approximate surface area is 164 Å². The van der Waals surface area contributed by atoms with Crippen LogP contribution in [-0.4, -0.2) is 13.1 Å². The average molecular weight is 389 g/mol. The van der Waals surface area contributed by atoms with E-state index in [1.807, 2.05) is 13.8 Å².